The number of allylic oxidation sites excluding steroid dienone is 4. The van der Waals surface area contributed by atoms with Crippen LogP contribution >= 0.6 is 0 Å². The first-order valence-electron chi connectivity index (χ1n) is 17.4. The third-order valence-corrected chi connectivity index (χ3v) is 7.53. The minimum atomic E-state index is -0.530. The highest BCUT2D eigenvalue weighted by Gasteiger charge is 2.13. The van der Waals surface area contributed by atoms with Crippen molar-refractivity contribution in [2.75, 3.05) is 19.8 Å². The zero-order valence-corrected chi connectivity index (χ0v) is 26.9. The van der Waals surface area contributed by atoms with Crippen LogP contribution in [-0.4, -0.2) is 37.0 Å². The second-order valence-corrected chi connectivity index (χ2v) is 11.6. The Morgan fingerprint density at radius 1 is 0.600 bits per heavy atom. The summed E-state index contributed by atoms with van der Waals surface area (Å²) in [6.07, 6.45) is 39.2. The van der Waals surface area contributed by atoms with E-state index in [-0.39, 0.29) is 12.6 Å². The lowest BCUT2D eigenvalue weighted by molar-refractivity contribution is -0.154. The Balaban J connectivity index is 3.43. The molecule has 0 aliphatic rings. The average molecular weight is 565 g/mol. The number of hydrogen-bond donors (Lipinski definition) is 1. The standard InChI is InChI=1S/C36H68O4/c1-3-5-7-9-11-13-15-16-17-18-19-20-21-22-24-26-28-30-32-39-34-35(33-37)40-36(38)31-29-27-25-23-14-12-10-8-6-4-2/h11,13,16-17,35,37H,3-10,12,14-15,18-34H2,1-2H3/b13-11-,17-16-. The average Bonchev–Trinajstić information content (AvgIpc) is 2.96. The van der Waals surface area contributed by atoms with Gasteiger partial charge in [0.15, 0.2) is 0 Å². The molecule has 0 rings (SSSR count). The quantitative estimate of drug-likeness (QED) is 0.0501. The molecule has 0 aromatic carbocycles. The summed E-state index contributed by atoms with van der Waals surface area (Å²) in [5, 5.41) is 9.52. The van der Waals surface area contributed by atoms with Gasteiger partial charge in [-0.2, -0.15) is 0 Å². The van der Waals surface area contributed by atoms with Crippen molar-refractivity contribution >= 4 is 5.97 Å². The number of carbonyl (C=O) groups is 1. The van der Waals surface area contributed by atoms with Crippen molar-refractivity contribution in [3.8, 4) is 0 Å². The fourth-order valence-electron chi connectivity index (χ4n) is 4.89. The van der Waals surface area contributed by atoms with Crippen molar-refractivity contribution in [3.05, 3.63) is 24.3 Å². The maximum Gasteiger partial charge on any atom is 0.306 e. The molecule has 1 atom stereocenters. The Labute approximate surface area is 249 Å². The lowest BCUT2D eigenvalue weighted by Gasteiger charge is -2.16. The summed E-state index contributed by atoms with van der Waals surface area (Å²) >= 11 is 0. The summed E-state index contributed by atoms with van der Waals surface area (Å²) < 4.78 is 11.1. The lowest BCUT2D eigenvalue weighted by Crippen LogP contribution is -2.27. The minimum absolute atomic E-state index is 0.171. The van der Waals surface area contributed by atoms with Crippen LogP contribution in [0, 0.1) is 0 Å². The molecule has 0 amide bonds. The second-order valence-electron chi connectivity index (χ2n) is 11.6. The number of rotatable bonds is 32. The molecule has 0 aliphatic heterocycles. The number of esters is 1. The van der Waals surface area contributed by atoms with E-state index >= 15 is 0 Å². The van der Waals surface area contributed by atoms with Gasteiger partial charge < -0.3 is 14.6 Å². The number of unbranched alkanes of at least 4 members (excludes halogenated alkanes) is 20. The van der Waals surface area contributed by atoms with Gasteiger partial charge in [-0.05, 0) is 44.9 Å². The predicted octanol–water partition coefficient (Wildman–Crippen LogP) is 10.8. The third-order valence-electron chi connectivity index (χ3n) is 7.53. The fraction of sp³-hybridized carbons (Fsp3) is 0.861. The lowest BCUT2D eigenvalue weighted by atomic mass is 10.1. The molecule has 0 aliphatic carbocycles. The van der Waals surface area contributed by atoms with E-state index in [1.807, 2.05) is 0 Å². The molecule has 40 heavy (non-hydrogen) atoms. The molecule has 0 spiro atoms. The van der Waals surface area contributed by atoms with E-state index in [1.165, 1.54) is 128 Å². The van der Waals surface area contributed by atoms with Crippen LogP contribution in [0.5, 0.6) is 0 Å². The largest absolute Gasteiger partial charge is 0.457 e. The molecule has 0 aromatic rings. The van der Waals surface area contributed by atoms with Gasteiger partial charge in [0.1, 0.15) is 6.10 Å². The summed E-state index contributed by atoms with van der Waals surface area (Å²) in [6.45, 7) is 5.30. The highest BCUT2D eigenvalue weighted by atomic mass is 16.6. The van der Waals surface area contributed by atoms with E-state index in [0.717, 1.165) is 25.7 Å². The van der Waals surface area contributed by atoms with Gasteiger partial charge >= 0.3 is 5.97 Å². The van der Waals surface area contributed by atoms with E-state index < -0.39 is 6.10 Å². The molecule has 0 heterocycles. The summed E-state index contributed by atoms with van der Waals surface area (Å²) in [6, 6.07) is 0. The van der Waals surface area contributed by atoms with Crippen molar-refractivity contribution in [2.45, 2.75) is 180 Å². The molecule has 0 bridgehead atoms. The highest BCUT2D eigenvalue weighted by Crippen LogP contribution is 2.13. The highest BCUT2D eigenvalue weighted by molar-refractivity contribution is 5.69. The SMILES string of the molecule is CCCCC/C=C\C/C=C\CCCCCCCCCCOCC(CO)OC(=O)CCCCCCCCCCCC. The first-order chi connectivity index (χ1) is 19.7. The van der Waals surface area contributed by atoms with Crippen LogP contribution < -0.4 is 0 Å². The fourth-order valence-corrected chi connectivity index (χ4v) is 4.89. The second kappa shape index (κ2) is 34.1. The third kappa shape index (κ3) is 31.4. The molecule has 4 heteroatoms. The number of aliphatic hydroxyl groups excluding tert-OH is 1. The van der Waals surface area contributed by atoms with Crippen LogP contribution in [0.3, 0.4) is 0 Å². The Hall–Kier alpha value is -1.13. The maximum absolute atomic E-state index is 12.1. The zero-order chi connectivity index (χ0) is 29.2. The smallest absolute Gasteiger partial charge is 0.306 e. The Kier molecular flexibility index (Phi) is 33.1. The summed E-state index contributed by atoms with van der Waals surface area (Å²) in [5.74, 6) is -0.205. The van der Waals surface area contributed by atoms with Crippen LogP contribution in [0.25, 0.3) is 0 Å². The molecule has 0 fully saturated rings. The first-order valence-corrected chi connectivity index (χ1v) is 17.4. The van der Waals surface area contributed by atoms with E-state index in [4.69, 9.17) is 9.47 Å². The number of aliphatic hydroxyl groups is 1. The monoisotopic (exact) mass is 565 g/mol. The van der Waals surface area contributed by atoms with E-state index in [1.54, 1.807) is 0 Å². The van der Waals surface area contributed by atoms with Crippen molar-refractivity contribution in [1.82, 2.24) is 0 Å². The molecule has 1 N–H and O–H groups in total. The van der Waals surface area contributed by atoms with Gasteiger partial charge in [-0.1, -0.05) is 147 Å². The topological polar surface area (TPSA) is 55.8 Å². The van der Waals surface area contributed by atoms with Gasteiger partial charge in [0, 0.05) is 13.0 Å². The van der Waals surface area contributed by atoms with Crippen molar-refractivity contribution in [3.63, 3.8) is 0 Å². The predicted molar refractivity (Wildman–Crippen MR) is 173 cm³/mol. The van der Waals surface area contributed by atoms with Crippen molar-refractivity contribution in [1.29, 1.82) is 0 Å². The van der Waals surface area contributed by atoms with Crippen LogP contribution in [0.15, 0.2) is 24.3 Å². The van der Waals surface area contributed by atoms with E-state index in [0.29, 0.717) is 19.6 Å². The van der Waals surface area contributed by atoms with Crippen molar-refractivity contribution < 1.29 is 19.4 Å². The van der Waals surface area contributed by atoms with Crippen molar-refractivity contribution in [2.24, 2.45) is 0 Å². The normalized spacial score (nSPS) is 12.6. The molecule has 236 valence electrons. The van der Waals surface area contributed by atoms with Crippen LogP contribution in [0.2, 0.25) is 0 Å². The van der Waals surface area contributed by atoms with Gasteiger partial charge in [-0.3, -0.25) is 4.79 Å². The van der Waals surface area contributed by atoms with Gasteiger partial charge in [-0.25, -0.2) is 0 Å². The van der Waals surface area contributed by atoms with Crippen LogP contribution in [0.1, 0.15) is 174 Å². The minimum Gasteiger partial charge on any atom is -0.457 e. The van der Waals surface area contributed by atoms with E-state index in [9.17, 15) is 9.90 Å². The first kappa shape index (κ1) is 38.9. The number of hydrogen-bond acceptors (Lipinski definition) is 4. The molecule has 1 unspecified atom stereocenters. The molecule has 0 saturated heterocycles. The van der Waals surface area contributed by atoms with Crippen LogP contribution in [-0.2, 0) is 14.3 Å². The number of ether oxygens (including phenoxy) is 2. The zero-order valence-electron chi connectivity index (χ0n) is 26.9. The van der Waals surface area contributed by atoms with Gasteiger partial charge in [0.2, 0.25) is 0 Å². The maximum atomic E-state index is 12.1. The molecule has 0 aromatic heterocycles. The van der Waals surface area contributed by atoms with E-state index in [2.05, 4.69) is 38.2 Å². The van der Waals surface area contributed by atoms with Gasteiger partial charge in [-0.15, -0.1) is 0 Å². The molecule has 0 radical (unpaired) electrons. The van der Waals surface area contributed by atoms with Crippen LogP contribution in [0.4, 0.5) is 0 Å². The summed E-state index contributed by atoms with van der Waals surface area (Å²) in [5.41, 5.74) is 0. The number of carbonyl (C=O) groups excluding carboxylic acids is 1. The summed E-state index contributed by atoms with van der Waals surface area (Å²) in [7, 11) is 0. The Morgan fingerprint density at radius 2 is 1.05 bits per heavy atom. The molecular weight excluding hydrogens is 496 g/mol. The van der Waals surface area contributed by atoms with Gasteiger partial charge in [0.25, 0.3) is 0 Å². The summed E-state index contributed by atoms with van der Waals surface area (Å²) in [4.78, 5) is 12.1. The Bertz CT molecular complexity index is 557. The molecular formula is C36H68O4. The van der Waals surface area contributed by atoms with Gasteiger partial charge in [0.05, 0.1) is 13.2 Å². The molecule has 0 saturated carbocycles. The molecule has 4 nitrogen and oxygen atoms in total. The Morgan fingerprint density at radius 3 is 1.60 bits per heavy atom.